The van der Waals surface area contributed by atoms with Crippen molar-refractivity contribution in [2.45, 2.75) is 44.8 Å². The first kappa shape index (κ1) is 15.6. The van der Waals surface area contributed by atoms with Gasteiger partial charge in [-0.3, -0.25) is 4.90 Å². The summed E-state index contributed by atoms with van der Waals surface area (Å²) in [5, 5.41) is 9.24. The normalized spacial score (nSPS) is 23.1. The Labute approximate surface area is 133 Å². The summed E-state index contributed by atoms with van der Waals surface area (Å²) < 4.78 is 11.6. The van der Waals surface area contributed by atoms with E-state index in [0.717, 1.165) is 50.4 Å². The van der Waals surface area contributed by atoms with E-state index in [9.17, 15) is 5.11 Å². The van der Waals surface area contributed by atoms with Crippen molar-refractivity contribution in [2.24, 2.45) is 5.92 Å². The van der Waals surface area contributed by atoms with Crippen LogP contribution in [0, 0.1) is 5.92 Å². The Balaban J connectivity index is 1.63. The molecule has 2 fully saturated rings. The molecule has 0 aromatic heterocycles. The number of rotatable bonds is 6. The minimum atomic E-state index is 0.300. The van der Waals surface area contributed by atoms with Crippen LogP contribution in [0.2, 0.25) is 0 Å². The molecule has 4 heteroatoms. The van der Waals surface area contributed by atoms with Gasteiger partial charge in [0.05, 0.1) is 13.2 Å². The van der Waals surface area contributed by atoms with Gasteiger partial charge in [0.15, 0.2) is 11.5 Å². The molecule has 122 valence electrons. The molecule has 22 heavy (non-hydrogen) atoms. The van der Waals surface area contributed by atoms with Gasteiger partial charge in [-0.05, 0) is 62.3 Å². The van der Waals surface area contributed by atoms with E-state index in [1.54, 1.807) is 7.11 Å². The Morgan fingerprint density at radius 3 is 2.68 bits per heavy atom. The molecule has 1 heterocycles. The summed E-state index contributed by atoms with van der Waals surface area (Å²) in [6.45, 7) is 3.26. The second kappa shape index (κ2) is 7.34. The maximum atomic E-state index is 9.24. The van der Waals surface area contributed by atoms with E-state index >= 15 is 0 Å². The summed E-state index contributed by atoms with van der Waals surface area (Å²) in [5.74, 6) is 2.14. The Morgan fingerprint density at radius 1 is 1.18 bits per heavy atom. The molecule has 1 aromatic rings. The minimum absolute atomic E-state index is 0.300. The number of aliphatic hydroxyl groups is 1. The van der Waals surface area contributed by atoms with Gasteiger partial charge in [0.1, 0.15) is 0 Å². The average molecular weight is 305 g/mol. The quantitative estimate of drug-likeness (QED) is 0.877. The molecule has 0 bridgehead atoms. The topological polar surface area (TPSA) is 41.9 Å². The highest BCUT2D eigenvalue weighted by Gasteiger charge is 2.22. The van der Waals surface area contributed by atoms with Crippen LogP contribution in [0.15, 0.2) is 18.2 Å². The van der Waals surface area contributed by atoms with Gasteiger partial charge < -0.3 is 14.6 Å². The highest BCUT2D eigenvalue weighted by Crippen LogP contribution is 2.33. The first-order valence-electron chi connectivity index (χ1n) is 8.45. The largest absolute Gasteiger partial charge is 0.493 e. The van der Waals surface area contributed by atoms with E-state index in [1.165, 1.54) is 18.4 Å². The maximum Gasteiger partial charge on any atom is 0.161 e. The van der Waals surface area contributed by atoms with E-state index in [2.05, 4.69) is 17.0 Å². The van der Waals surface area contributed by atoms with Crippen molar-refractivity contribution >= 4 is 0 Å². The van der Waals surface area contributed by atoms with Crippen LogP contribution in [0.4, 0.5) is 0 Å². The van der Waals surface area contributed by atoms with Gasteiger partial charge in [-0.1, -0.05) is 6.07 Å². The van der Waals surface area contributed by atoms with Crippen molar-refractivity contribution in [2.75, 3.05) is 26.8 Å². The molecule has 2 aliphatic rings. The lowest BCUT2D eigenvalue weighted by Crippen LogP contribution is -2.21. The molecule has 1 aromatic carbocycles. The first-order chi connectivity index (χ1) is 10.8. The predicted molar refractivity (Wildman–Crippen MR) is 86.3 cm³/mol. The Morgan fingerprint density at radius 2 is 2.00 bits per heavy atom. The van der Waals surface area contributed by atoms with Crippen molar-refractivity contribution in [1.82, 2.24) is 4.90 Å². The lowest BCUT2D eigenvalue weighted by Gasteiger charge is -2.19. The van der Waals surface area contributed by atoms with E-state index < -0.39 is 0 Å². The SMILES string of the molecule is COc1cc(CN2CCC(CO)C2)ccc1OC1CCCC1. The van der Waals surface area contributed by atoms with Gasteiger partial charge in [0.2, 0.25) is 0 Å². The zero-order valence-electron chi connectivity index (χ0n) is 13.5. The van der Waals surface area contributed by atoms with Gasteiger partial charge in [-0.15, -0.1) is 0 Å². The third kappa shape index (κ3) is 3.73. The summed E-state index contributed by atoms with van der Waals surface area (Å²) in [6, 6.07) is 6.28. The molecule has 1 aliphatic heterocycles. The zero-order chi connectivity index (χ0) is 15.4. The Bertz CT molecular complexity index is 485. The summed E-state index contributed by atoms with van der Waals surface area (Å²) >= 11 is 0. The molecular formula is C18H27NO3. The van der Waals surface area contributed by atoms with Crippen molar-refractivity contribution < 1.29 is 14.6 Å². The molecule has 0 spiro atoms. The van der Waals surface area contributed by atoms with E-state index in [0.29, 0.717) is 18.6 Å². The molecule has 1 saturated heterocycles. The first-order valence-corrected chi connectivity index (χ1v) is 8.45. The number of aliphatic hydroxyl groups excluding tert-OH is 1. The maximum absolute atomic E-state index is 9.24. The van der Waals surface area contributed by atoms with Crippen molar-refractivity contribution in [1.29, 1.82) is 0 Å². The van der Waals surface area contributed by atoms with Crippen LogP contribution in [0.3, 0.4) is 0 Å². The van der Waals surface area contributed by atoms with Crippen LogP contribution in [-0.4, -0.2) is 42.9 Å². The predicted octanol–water partition coefficient (Wildman–Crippen LogP) is 2.83. The van der Waals surface area contributed by atoms with Crippen LogP contribution < -0.4 is 9.47 Å². The van der Waals surface area contributed by atoms with Crippen molar-refractivity contribution in [3.05, 3.63) is 23.8 Å². The van der Waals surface area contributed by atoms with E-state index in [-0.39, 0.29) is 0 Å². The van der Waals surface area contributed by atoms with Crippen molar-refractivity contribution in [3.63, 3.8) is 0 Å². The Kier molecular flexibility index (Phi) is 5.21. The van der Waals surface area contributed by atoms with E-state index in [1.807, 2.05) is 6.07 Å². The average Bonchev–Trinajstić information content (AvgIpc) is 3.20. The highest BCUT2D eigenvalue weighted by molar-refractivity contribution is 5.43. The number of likely N-dealkylation sites (tertiary alicyclic amines) is 1. The molecule has 4 nitrogen and oxygen atoms in total. The monoisotopic (exact) mass is 305 g/mol. The second-order valence-electron chi connectivity index (χ2n) is 6.58. The number of benzene rings is 1. The molecule has 1 unspecified atom stereocenters. The minimum Gasteiger partial charge on any atom is -0.493 e. The molecule has 3 rings (SSSR count). The van der Waals surface area contributed by atoms with Gasteiger partial charge in [-0.25, -0.2) is 0 Å². The van der Waals surface area contributed by atoms with Crippen molar-refractivity contribution in [3.8, 4) is 11.5 Å². The molecule has 1 saturated carbocycles. The van der Waals surface area contributed by atoms with Crippen LogP contribution >= 0.6 is 0 Å². The third-order valence-corrected chi connectivity index (χ3v) is 4.86. The van der Waals surface area contributed by atoms with Gasteiger partial charge >= 0.3 is 0 Å². The molecule has 1 atom stereocenters. The fourth-order valence-corrected chi connectivity index (χ4v) is 3.56. The number of methoxy groups -OCH3 is 1. The molecule has 0 radical (unpaired) electrons. The standard InChI is InChI=1S/C18H27NO3/c1-21-18-10-14(11-19-9-8-15(12-19)13-20)6-7-17(18)22-16-4-2-3-5-16/h6-7,10,15-16,20H,2-5,8-9,11-13H2,1H3. The summed E-state index contributed by atoms with van der Waals surface area (Å²) in [7, 11) is 1.71. The lowest BCUT2D eigenvalue weighted by molar-refractivity contribution is 0.200. The molecule has 1 aliphatic carbocycles. The van der Waals surface area contributed by atoms with Crippen LogP contribution in [0.25, 0.3) is 0 Å². The fourth-order valence-electron chi connectivity index (χ4n) is 3.56. The zero-order valence-corrected chi connectivity index (χ0v) is 13.5. The Hall–Kier alpha value is -1.26. The van der Waals surface area contributed by atoms with Crippen LogP contribution in [0.1, 0.15) is 37.7 Å². The summed E-state index contributed by atoms with van der Waals surface area (Å²) in [5.41, 5.74) is 1.24. The number of ether oxygens (including phenoxy) is 2. The van der Waals surface area contributed by atoms with E-state index in [4.69, 9.17) is 9.47 Å². The van der Waals surface area contributed by atoms with Crippen LogP contribution in [-0.2, 0) is 6.54 Å². The molecule has 1 N–H and O–H groups in total. The summed E-state index contributed by atoms with van der Waals surface area (Å²) in [6.07, 6.45) is 6.29. The second-order valence-corrected chi connectivity index (χ2v) is 6.58. The third-order valence-electron chi connectivity index (χ3n) is 4.86. The van der Waals surface area contributed by atoms with Gasteiger partial charge in [0, 0.05) is 19.7 Å². The van der Waals surface area contributed by atoms with Crippen LogP contribution in [0.5, 0.6) is 11.5 Å². The fraction of sp³-hybridized carbons (Fsp3) is 0.667. The number of hydrogen-bond donors (Lipinski definition) is 1. The summed E-state index contributed by atoms with van der Waals surface area (Å²) in [4.78, 5) is 2.40. The number of hydrogen-bond acceptors (Lipinski definition) is 4. The lowest BCUT2D eigenvalue weighted by atomic mass is 10.1. The smallest absolute Gasteiger partial charge is 0.161 e. The van der Waals surface area contributed by atoms with Gasteiger partial charge in [0.25, 0.3) is 0 Å². The number of nitrogens with zero attached hydrogens (tertiary/aromatic N) is 1. The highest BCUT2D eigenvalue weighted by atomic mass is 16.5. The van der Waals surface area contributed by atoms with Gasteiger partial charge in [-0.2, -0.15) is 0 Å². The molecule has 0 amide bonds. The molecular weight excluding hydrogens is 278 g/mol.